The molecule has 1 aliphatic rings. The maximum Gasteiger partial charge on any atom is 0.253 e. The molecule has 0 unspecified atom stereocenters. The number of nitrogens with one attached hydrogen (secondary N) is 1. The van der Waals surface area contributed by atoms with E-state index < -0.39 is 30.7 Å². The number of hydrogen-bond acceptors (Lipinski definition) is 5. The van der Waals surface area contributed by atoms with Crippen LogP contribution in [0.15, 0.2) is 18.2 Å². The van der Waals surface area contributed by atoms with Crippen LogP contribution in [-0.2, 0) is 14.3 Å². The summed E-state index contributed by atoms with van der Waals surface area (Å²) in [4.78, 5) is 27.3. The van der Waals surface area contributed by atoms with E-state index in [1.807, 2.05) is 20.8 Å². The molecule has 2 rings (SSSR count). The van der Waals surface area contributed by atoms with E-state index in [-0.39, 0.29) is 36.7 Å². The van der Waals surface area contributed by atoms with Crippen LogP contribution in [0.5, 0.6) is 0 Å². The van der Waals surface area contributed by atoms with E-state index in [2.05, 4.69) is 5.32 Å². The number of amides is 2. The number of benzene rings is 1. The summed E-state index contributed by atoms with van der Waals surface area (Å²) in [7, 11) is 0. The van der Waals surface area contributed by atoms with Crippen LogP contribution in [0.1, 0.15) is 20.8 Å². The van der Waals surface area contributed by atoms with Crippen molar-refractivity contribution >= 4 is 23.2 Å². The zero-order chi connectivity index (χ0) is 22.5. The molecule has 0 spiro atoms. The summed E-state index contributed by atoms with van der Waals surface area (Å²) in [5.74, 6) is -1.70. The SMILES string of the molecule is CC(C)(C)CN(CC(F)F)[C@@H](CN)C(=O)Nc1ccc(N2CCOCC2=O)cc1F. The van der Waals surface area contributed by atoms with Gasteiger partial charge in [0.15, 0.2) is 0 Å². The molecular formula is C20H29F3N4O3. The highest BCUT2D eigenvalue weighted by atomic mass is 19.3. The van der Waals surface area contributed by atoms with Gasteiger partial charge in [-0.1, -0.05) is 20.8 Å². The van der Waals surface area contributed by atoms with Crippen molar-refractivity contribution in [1.29, 1.82) is 0 Å². The van der Waals surface area contributed by atoms with E-state index in [0.29, 0.717) is 18.8 Å². The highest BCUT2D eigenvalue weighted by molar-refractivity contribution is 5.97. The molecule has 10 heteroatoms. The van der Waals surface area contributed by atoms with E-state index >= 15 is 0 Å². The molecule has 30 heavy (non-hydrogen) atoms. The smallest absolute Gasteiger partial charge is 0.253 e. The molecule has 3 N–H and O–H groups in total. The van der Waals surface area contributed by atoms with Crippen molar-refractivity contribution in [2.24, 2.45) is 11.1 Å². The third kappa shape index (κ3) is 6.68. The second kappa shape index (κ2) is 10.2. The van der Waals surface area contributed by atoms with E-state index in [9.17, 15) is 22.8 Å². The number of alkyl halides is 2. The first-order chi connectivity index (χ1) is 14.0. The monoisotopic (exact) mass is 430 g/mol. The quantitative estimate of drug-likeness (QED) is 0.659. The third-order valence-electron chi connectivity index (χ3n) is 4.52. The lowest BCUT2D eigenvalue weighted by Gasteiger charge is -2.34. The van der Waals surface area contributed by atoms with Gasteiger partial charge in [0.25, 0.3) is 12.3 Å². The van der Waals surface area contributed by atoms with Crippen molar-refractivity contribution in [3.8, 4) is 0 Å². The maximum absolute atomic E-state index is 14.6. The second-order valence-electron chi connectivity index (χ2n) is 8.38. The molecule has 1 heterocycles. The van der Waals surface area contributed by atoms with Gasteiger partial charge in [0.2, 0.25) is 5.91 Å². The molecule has 0 aromatic heterocycles. The topological polar surface area (TPSA) is 87.9 Å². The summed E-state index contributed by atoms with van der Waals surface area (Å²) in [6, 6.07) is 2.94. The molecule has 168 valence electrons. The average Bonchev–Trinajstić information content (AvgIpc) is 2.62. The molecule has 1 saturated heterocycles. The van der Waals surface area contributed by atoms with Crippen LogP contribution in [-0.4, -0.2) is 68.6 Å². The highest BCUT2D eigenvalue weighted by Gasteiger charge is 2.31. The lowest BCUT2D eigenvalue weighted by Crippen LogP contribution is -2.52. The van der Waals surface area contributed by atoms with Gasteiger partial charge in [0, 0.05) is 25.3 Å². The first-order valence-corrected chi connectivity index (χ1v) is 9.72. The number of nitrogens with zero attached hydrogens (tertiary/aromatic N) is 2. The van der Waals surface area contributed by atoms with Gasteiger partial charge < -0.3 is 20.7 Å². The number of carbonyl (C=O) groups excluding carboxylic acids is 2. The maximum atomic E-state index is 14.6. The minimum Gasteiger partial charge on any atom is -0.370 e. The Morgan fingerprint density at radius 3 is 2.60 bits per heavy atom. The summed E-state index contributed by atoms with van der Waals surface area (Å²) >= 11 is 0. The lowest BCUT2D eigenvalue weighted by atomic mass is 9.95. The Morgan fingerprint density at radius 1 is 1.37 bits per heavy atom. The minimum atomic E-state index is -2.64. The number of carbonyl (C=O) groups is 2. The van der Waals surface area contributed by atoms with E-state index in [4.69, 9.17) is 10.5 Å². The Hall–Kier alpha value is -2.17. The number of ether oxygens (including phenoxy) is 1. The molecule has 0 aliphatic carbocycles. The summed E-state index contributed by atoms with van der Waals surface area (Å²) < 4.78 is 45.7. The fraction of sp³-hybridized carbons (Fsp3) is 0.600. The normalized spacial score (nSPS) is 16.3. The fourth-order valence-electron chi connectivity index (χ4n) is 3.29. The molecule has 1 atom stereocenters. The lowest BCUT2D eigenvalue weighted by molar-refractivity contribution is -0.125. The Balaban J connectivity index is 2.16. The average molecular weight is 430 g/mol. The standard InChI is InChI=1S/C20H29F3N4O3/c1-20(2,3)12-26(10-17(22)23)16(9-24)19(29)25-15-5-4-13(8-14(15)21)27-6-7-30-11-18(27)28/h4-5,8,16-17H,6-7,9-12,24H2,1-3H3,(H,25,29)/t16-/m0/s1. The van der Waals surface area contributed by atoms with E-state index in [1.54, 1.807) is 0 Å². The number of morpholine rings is 1. The highest BCUT2D eigenvalue weighted by Crippen LogP contribution is 2.24. The van der Waals surface area contributed by atoms with Crippen LogP contribution in [0.2, 0.25) is 0 Å². The zero-order valence-electron chi connectivity index (χ0n) is 17.5. The number of anilines is 2. The second-order valence-corrected chi connectivity index (χ2v) is 8.38. The number of nitrogens with two attached hydrogens (primary N) is 1. The molecule has 1 fully saturated rings. The number of hydrogen-bond donors (Lipinski definition) is 2. The van der Waals surface area contributed by atoms with Crippen LogP contribution in [0.4, 0.5) is 24.5 Å². The van der Waals surface area contributed by atoms with Crippen molar-refractivity contribution in [1.82, 2.24) is 4.90 Å². The summed E-state index contributed by atoms with van der Waals surface area (Å²) in [5, 5.41) is 2.43. The predicted molar refractivity (Wildman–Crippen MR) is 108 cm³/mol. The largest absolute Gasteiger partial charge is 0.370 e. The molecule has 1 aromatic carbocycles. The first kappa shape index (κ1) is 24.1. The minimum absolute atomic E-state index is 0.0773. The van der Waals surface area contributed by atoms with E-state index in [0.717, 1.165) is 6.07 Å². The van der Waals surface area contributed by atoms with Gasteiger partial charge in [0.05, 0.1) is 18.8 Å². The molecule has 1 aliphatic heterocycles. The molecule has 0 radical (unpaired) electrons. The van der Waals surface area contributed by atoms with Gasteiger partial charge >= 0.3 is 0 Å². The van der Waals surface area contributed by atoms with Crippen molar-refractivity contribution < 1.29 is 27.5 Å². The van der Waals surface area contributed by atoms with E-state index in [1.165, 1.54) is 21.9 Å². The van der Waals surface area contributed by atoms with Crippen LogP contribution >= 0.6 is 0 Å². The summed E-state index contributed by atoms with van der Waals surface area (Å²) in [6.07, 6.45) is -2.64. The van der Waals surface area contributed by atoms with Crippen molar-refractivity contribution in [2.75, 3.05) is 49.6 Å². The predicted octanol–water partition coefficient (Wildman–Crippen LogP) is 2.07. The summed E-state index contributed by atoms with van der Waals surface area (Å²) in [6.45, 7) is 5.56. The molecule has 1 aromatic rings. The zero-order valence-corrected chi connectivity index (χ0v) is 17.5. The van der Waals surface area contributed by atoms with Gasteiger partial charge in [-0.2, -0.15) is 0 Å². The Labute approximate surface area is 174 Å². The van der Waals surface area contributed by atoms with Crippen molar-refractivity contribution in [3.05, 3.63) is 24.0 Å². The molecule has 0 saturated carbocycles. The Kier molecular flexibility index (Phi) is 8.22. The fourth-order valence-corrected chi connectivity index (χ4v) is 3.29. The third-order valence-corrected chi connectivity index (χ3v) is 4.52. The van der Waals surface area contributed by atoms with Crippen LogP contribution < -0.4 is 16.0 Å². The molecule has 0 bridgehead atoms. The number of halogens is 3. The van der Waals surface area contributed by atoms with Crippen molar-refractivity contribution in [3.63, 3.8) is 0 Å². The Morgan fingerprint density at radius 2 is 2.07 bits per heavy atom. The number of rotatable bonds is 8. The van der Waals surface area contributed by atoms with Crippen LogP contribution in [0.3, 0.4) is 0 Å². The summed E-state index contributed by atoms with van der Waals surface area (Å²) in [5.41, 5.74) is 5.59. The van der Waals surface area contributed by atoms with Gasteiger partial charge in [-0.15, -0.1) is 0 Å². The van der Waals surface area contributed by atoms with Gasteiger partial charge in [-0.05, 0) is 23.6 Å². The van der Waals surface area contributed by atoms with Gasteiger partial charge in [-0.25, -0.2) is 13.2 Å². The van der Waals surface area contributed by atoms with Crippen molar-refractivity contribution in [2.45, 2.75) is 33.2 Å². The van der Waals surface area contributed by atoms with Gasteiger partial charge in [-0.3, -0.25) is 14.5 Å². The molecular weight excluding hydrogens is 401 g/mol. The Bertz CT molecular complexity index is 755. The molecule has 2 amide bonds. The molecule has 7 nitrogen and oxygen atoms in total. The van der Waals surface area contributed by atoms with Crippen LogP contribution in [0, 0.1) is 11.2 Å². The van der Waals surface area contributed by atoms with Crippen LogP contribution in [0.25, 0.3) is 0 Å². The van der Waals surface area contributed by atoms with Gasteiger partial charge in [0.1, 0.15) is 18.5 Å². The first-order valence-electron chi connectivity index (χ1n) is 9.72.